The van der Waals surface area contributed by atoms with Gasteiger partial charge in [-0.15, -0.1) is 0 Å². The Hall–Kier alpha value is -4.20. The van der Waals surface area contributed by atoms with E-state index in [9.17, 15) is 26.7 Å². The van der Waals surface area contributed by atoms with Gasteiger partial charge >= 0.3 is 6.61 Å². The molecule has 0 aliphatic carbocycles. The number of hydrogen-bond donors (Lipinski definition) is 1. The molecule has 3 aromatic heterocycles. The molecule has 218 valence electrons. The molecule has 0 aliphatic rings. The van der Waals surface area contributed by atoms with Crippen LogP contribution in [0.2, 0.25) is 5.02 Å². The van der Waals surface area contributed by atoms with Gasteiger partial charge in [0.25, 0.3) is 0 Å². The number of alkyl halides is 2. The zero-order valence-electron chi connectivity index (χ0n) is 22.3. The summed E-state index contributed by atoms with van der Waals surface area (Å²) in [4.78, 5) is 8.05. The van der Waals surface area contributed by atoms with Crippen LogP contribution in [-0.2, 0) is 16.4 Å². The van der Waals surface area contributed by atoms with Gasteiger partial charge in [0, 0.05) is 48.3 Å². The predicted molar refractivity (Wildman–Crippen MR) is 148 cm³/mol. The van der Waals surface area contributed by atoms with Crippen LogP contribution < -0.4 is 4.74 Å². The van der Waals surface area contributed by atoms with Crippen LogP contribution >= 0.6 is 11.6 Å². The number of aliphatic hydroxyl groups excluding tert-OH is 1. The smallest absolute Gasteiger partial charge is 0.388 e. The van der Waals surface area contributed by atoms with Gasteiger partial charge in [-0.1, -0.05) is 17.7 Å². The molecule has 42 heavy (non-hydrogen) atoms. The number of ether oxygens (including phenoxy) is 1. The topological polar surface area (TPSA) is 120 Å². The van der Waals surface area contributed by atoms with Crippen molar-refractivity contribution in [3.05, 3.63) is 82.8 Å². The maximum atomic E-state index is 15.0. The molecule has 9 nitrogen and oxygen atoms in total. The second kappa shape index (κ2) is 11.2. The third kappa shape index (κ3) is 5.75. The van der Waals surface area contributed by atoms with Crippen molar-refractivity contribution in [1.82, 2.24) is 19.7 Å². The Kier molecular flexibility index (Phi) is 7.84. The Morgan fingerprint density at radius 1 is 1.10 bits per heavy atom. The van der Waals surface area contributed by atoms with Crippen LogP contribution in [0, 0.1) is 19.7 Å². The maximum Gasteiger partial charge on any atom is 0.388 e. The number of pyridine rings is 1. The maximum absolute atomic E-state index is 15.0. The minimum Gasteiger partial charge on any atom is -0.440 e. The molecule has 0 aliphatic heterocycles. The molecule has 0 amide bonds. The molecule has 0 saturated heterocycles. The van der Waals surface area contributed by atoms with Crippen molar-refractivity contribution in [2.75, 3.05) is 6.26 Å². The first-order valence-electron chi connectivity index (χ1n) is 12.2. The van der Waals surface area contributed by atoms with Crippen LogP contribution in [0.5, 0.6) is 5.88 Å². The van der Waals surface area contributed by atoms with Crippen LogP contribution in [0.3, 0.4) is 0 Å². The molecule has 0 radical (unpaired) electrons. The standard InChI is InChI=1S/C28H22ClF3N4O5S/c1-14-21(29)12-36(35-14)23-6-4-16(18-9-22(30)20(13-37)24(10-18)42(3,38)39)8-19(23)27-26(34-15(2)40-27)17-5-7-25(33-11-17)41-28(31)32/h4-12,28,37H,13H2,1-3H3. The van der Waals surface area contributed by atoms with E-state index in [1.54, 1.807) is 38.2 Å². The fourth-order valence-electron chi connectivity index (χ4n) is 4.41. The van der Waals surface area contributed by atoms with Crippen LogP contribution in [0.4, 0.5) is 13.2 Å². The highest BCUT2D eigenvalue weighted by molar-refractivity contribution is 7.90. The van der Waals surface area contributed by atoms with E-state index in [0.717, 1.165) is 12.3 Å². The van der Waals surface area contributed by atoms with E-state index in [1.165, 1.54) is 29.1 Å². The van der Waals surface area contributed by atoms with Crippen LogP contribution in [0.1, 0.15) is 17.1 Å². The van der Waals surface area contributed by atoms with Crippen molar-refractivity contribution in [3.63, 3.8) is 0 Å². The normalized spacial score (nSPS) is 11.8. The molecular weight excluding hydrogens is 597 g/mol. The summed E-state index contributed by atoms with van der Waals surface area (Å²) in [6.45, 7) is -0.492. The van der Waals surface area contributed by atoms with Crippen LogP contribution in [0.15, 0.2) is 64.2 Å². The molecule has 14 heteroatoms. The van der Waals surface area contributed by atoms with E-state index >= 15 is 0 Å². The van der Waals surface area contributed by atoms with Gasteiger partial charge in [-0.05, 0) is 48.4 Å². The van der Waals surface area contributed by atoms with Crippen molar-refractivity contribution in [1.29, 1.82) is 0 Å². The van der Waals surface area contributed by atoms with Crippen LogP contribution in [-0.4, -0.2) is 46.1 Å². The lowest BCUT2D eigenvalue weighted by molar-refractivity contribution is -0.0528. The molecule has 0 unspecified atom stereocenters. The van der Waals surface area contributed by atoms with Crippen molar-refractivity contribution < 1.29 is 35.8 Å². The van der Waals surface area contributed by atoms with Gasteiger partial charge in [0.05, 0.1) is 27.9 Å². The number of halogens is 4. The number of rotatable bonds is 8. The molecule has 0 bridgehead atoms. The summed E-state index contributed by atoms with van der Waals surface area (Å²) < 4.78 is 77.0. The second-order valence-corrected chi connectivity index (χ2v) is 11.7. The summed E-state index contributed by atoms with van der Waals surface area (Å²) in [6, 6.07) is 10.1. The molecule has 0 fully saturated rings. The highest BCUT2D eigenvalue weighted by Crippen LogP contribution is 2.39. The Morgan fingerprint density at radius 3 is 2.43 bits per heavy atom. The monoisotopic (exact) mass is 618 g/mol. The Labute approximate surface area is 243 Å². The van der Waals surface area contributed by atoms with E-state index in [-0.39, 0.29) is 33.6 Å². The van der Waals surface area contributed by atoms with E-state index in [4.69, 9.17) is 16.0 Å². The molecule has 0 saturated carbocycles. The molecular formula is C28H22ClF3N4O5S. The average molecular weight is 619 g/mol. The summed E-state index contributed by atoms with van der Waals surface area (Å²) in [5.74, 6) is -0.649. The van der Waals surface area contributed by atoms with Gasteiger partial charge < -0.3 is 14.3 Å². The number of benzene rings is 2. The average Bonchev–Trinajstić information content (AvgIpc) is 3.48. The highest BCUT2D eigenvalue weighted by atomic mass is 35.5. The number of hydrogen-bond acceptors (Lipinski definition) is 8. The second-order valence-electron chi connectivity index (χ2n) is 9.28. The minimum absolute atomic E-state index is 0.223. The van der Waals surface area contributed by atoms with E-state index in [1.807, 2.05) is 0 Å². The van der Waals surface area contributed by atoms with Crippen molar-refractivity contribution in [2.24, 2.45) is 0 Å². The lowest BCUT2D eigenvalue weighted by Crippen LogP contribution is -2.06. The third-order valence-corrected chi connectivity index (χ3v) is 7.86. The molecule has 5 aromatic rings. The number of aryl methyl sites for hydroxylation is 2. The van der Waals surface area contributed by atoms with Crippen molar-refractivity contribution in [3.8, 4) is 45.3 Å². The Morgan fingerprint density at radius 2 is 1.83 bits per heavy atom. The van der Waals surface area contributed by atoms with Crippen molar-refractivity contribution >= 4 is 21.4 Å². The SMILES string of the molecule is Cc1nc(-c2ccc(OC(F)F)nc2)c(-c2cc(-c3cc(F)c(CO)c(S(C)(=O)=O)c3)ccc2-n2cc(Cl)c(C)n2)o1. The van der Waals surface area contributed by atoms with Gasteiger partial charge in [0.2, 0.25) is 5.88 Å². The molecule has 0 atom stereocenters. The third-order valence-electron chi connectivity index (χ3n) is 6.33. The van der Waals surface area contributed by atoms with Crippen LogP contribution in [0.25, 0.3) is 39.4 Å². The number of sulfone groups is 1. The van der Waals surface area contributed by atoms with Gasteiger partial charge in [-0.25, -0.2) is 27.5 Å². The summed E-state index contributed by atoms with van der Waals surface area (Å²) in [6.07, 6.45) is 3.82. The minimum atomic E-state index is -3.89. The summed E-state index contributed by atoms with van der Waals surface area (Å²) in [5, 5.41) is 14.5. The first kappa shape index (κ1) is 29.3. The first-order valence-corrected chi connectivity index (χ1v) is 14.5. The molecule has 3 heterocycles. The largest absolute Gasteiger partial charge is 0.440 e. The fraction of sp³-hybridized carbons (Fsp3) is 0.179. The molecule has 0 spiro atoms. The number of aromatic nitrogens is 4. The summed E-state index contributed by atoms with van der Waals surface area (Å²) in [7, 11) is -3.89. The summed E-state index contributed by atoms with van der Waals surface area (Å²) >= 11 is 6.28. The summed E-state index contributed by atoms with van der Waals surface area (Å²) in [5.41, 5.74) is 2.51. The van der Waals surface area contributed by atoms with Gasteiger partial charge in [-0.3, -0.25) is 0 Å². The van der Waals surface area contributed by atoms with Gasteiger partial charge in [0.15, 0.2) is 21.5 Å². The molecule has 1 N–H and O–H groups in total. The molecule has 5 rings (SSSR count). The Bertz CT molecular complexity index is 1890. The zero-order chi connectivity index (χ0) is 30.3. The van der Waals surface area contributed by atoms with Gasteiger partial charge in [-0.2, -0.15) is 13.9 Å². The lowest BCUT2D eigenvalue weighted by Gasteiger charge is -2.14. The number of aliphatic hydroxyl groups is 1. The predicted octanol–water partition coefficient (Wildman–Crippen LogP) is 6.16. The van der Waals surface area contributed by atoms with Gasteiger partial charge in [0.1, 0.15) is 11.5 Å². The van der Waals surface area contributed by atoms with E-state index in [0.29, 0.717) is 38.8 Å². The molecule has 2 aromatic carbocycles. The lowest BCUT2D eigenvalue weighted by atomic mass is 9.97. The number of nitrogens with zero attached hydrogens (tertiary/aromatic N) is 4. The number of oxazole rings is 1. The van der Waals surface area contributed by atoms with Crippen molar-refractivity contribution in [2.45, 2.75) is 32.0 Å². The van der Waals surface area contributed by atoms with E-state index in [2.05, 4.69) is 19.8 Å². The highest BCUT2D eigenvalue weighted by Gasteiger charge is 2.23. The quantitative estimate of drug-likeness (QED) is 0.219. The fourth-order valence-corrected chi connectivity index (χ4v) is 5.49. The van der Waals surface area contributed by atoms with E-state index < -0.39 is 28.9 Å². The first-order chi connectivity index (χ1) is 19.8. The zero-order valence-corrected chi connectivity index (χ0v) is 23.8. The Balaban J connectivity index is 1.73.